The van der Waals surface area contributed by atoms with Gasteiger partial charge in [0.2, 0.25) is 0 Å². The quantitative estimate of drug-likeness (QED) is 0.867. The van der Waals surface area contributed by atoms with Gasteiger partial charge in [0, 0.05) is 5.02 Å². The van der Waals surface area contributed by atoms with Crippen molar-refractivity contribution in [3.8, 4) is 0 Å². The highest BCUT2D eigenvalue weighted by Gasteiger charge is 2.33. The molecule has 1 aliphatic carbocycles. The molecular weight excluding hydrogens is 282 g/mol. The highest BCUT2D eigenvalue weighted by molar-refractivity contribution is 7.92. The van der Waals surface area contributed by atoms with E-state index in [1.165, 1.54) is 12.1 Å². The van der Waals surface area contributed by atoms with Gasteiger partial charge in [-0.15, -0.1) is 0 Å². The van der Waals surface area contributed by atoms with Crippen molar-refractivity contribution in [1.82, 2.24) is 0 Å². The molecule has 2 N–H and O–H groups in total. The third kappa shape index (κ3) is 3.06. The van der Waals surface area contributed by atoms with Gasteiger partial charge in [-0.3, -0.25) is 0 Å². The molecule has 0 spiro atoms. The molecule has 106 valence electrons. The first-order valence-electron chi connectivity index (χ1n) is 6.74. The zero-order valence-corrected chi connectivity index (χ0v) is 12.7. The molecule has 0 aliphatic heterocycles. The summed E-state index contributed by atoms with van der Waals surface area (Å²) in [4.78, 5) is 0.235. The molecule has 1 saturated carbocycles. The van der Waals surface area contributed by atoms with Crippen LogP contribution in [0, 0.1) is 5.92 Å². The Morgan fingerprint density at radius 3 is 2.74 bits per heavy atom. The van der Waals surface area contributed by atoms with Crippen LogP contribution in [-0.2, 0) is 9.84 Å². The Kier molecular flexibility index (Phi) is 4.41. The van der Waals surface area contributed by atoms with Crippen LogP contribution in [0.25, 0.3) is 0 Å². The standard InChI is InChI=1S/C14H20ClNO2S/c1-2-10-4-3-5-12(8-10)19(17,18)14-7-6-11(15)9-13(14)16/h6-7,9-10,12H,2-5,8,16H2,1H3. The molecule has 0 heterocycles. The largest absolute Gasteiger partial charge is 0.398 e. The summed E-state index contributed by atoms with van der Waals surface area (Å²) in [6.07, 6.45) is 4.65. The van der Waals surface area contributed by atoms with Gasteiger partial charge in [0.25, 0.3) is 0 Å². The van der Waals surface area contributed by atoms with E-state index in [1.54, 1.807) is 6.07 Å². The van der Waals surface area contributed by atoms with E-state index < -0.39 is 9.84 Å². The van der Waals surface area contributed by atoms with Crippen molar-refractivity contribution in [1.29, 1.82) is 0 Å². The van der Waals surface area contributed by atoms with Crippen LogP contribution in [0.1, 0.15) is 39.0 Å². The van der Waals surface area contributed by atoms with Gasteiger partial charge in [-0.25, -0.2) is 8.42 Å². The van der Waals surface area contributed by atoms with Crippen molar-refractivity contribution in [2.45, 2.75) is 49.2 Å². The number of hydrogen-bond acceptors (Lipinski definition) is 3. The normalized spacial score (nSPS) is 24.3. The lowest BCUT2D eigenvalue weighted by Gasteiger charge is -2.28. The molecular formula is C14H20ClNO2S. The fourth-order valence-electron chi connectivity index (χ4n) is 2.85. The first-order valence-corrected chi connectivity index (χ1v) is 8.66. The van der Waals surface area contributed by atoms with Crippen LogP contribution < -0.4 is 5.73 Å². The highest BCUT2D eigenvalue weighted by atomic mass is 35.5. The molecule has 0 bridgehead atoms. The molecule has 0 amide bonds. The fraction of sp³-hybridized carbons (Fsp3) is 0.571. The molecule has 0 aromatic heterocycles. The summed E-state index contributed by atoms with van der Waals surface area (Å²) in [5.74, 6) is 0.516. The number of sulfone groups is 1. The Hall–Kier alpha value is -0.740. The second-order valence-electron chi connectivity index (χ2n) is 5.29. The Labute approximate surface area is 120 Å². The summed E-state index contributed by atoms with van der Waals surface area (Å²) < 4.78 is 25.3. The van der Waals surface area contributed by atoms with Crippen molar-refractivity contribution in [3.05, 3.63) is 23.2 Å². The first-order chi connectivity index (χ1) is 8.95. The summed E-state index contributed by atoms with van der Waals surface area (Å²) in [6, 6.07) is 4.63. The van der Waals surface area contributed by atoms with Gasteiger partial charge in [-0.2, -0.15) is 0 Å². The number of halogens is 1. The van der Waals surface area contributed by atoms with Gasteiger partial charge in [0.1, 0.15) is 0 Å². The van der Waals surface area contributed by atoms with Crippen molar-refractivity contribution in [3.63, 3.8) is 0 Å². The van der Waals surface area contributed by atoms with Gasteiger partial charge in [0.15, 0.2) is 9.84 Å². The second kappa shape index (κ2) is 5.71. The van der Waals surface area contributed by atoms with E-state index in [0.29, 0.717) is 10.9 Å². The van der Waals surface area contributed by atoms with E-state index >= 15 is 0 Å². The average molecular weight is 302 g/mol. The minimum Gasteiger partial charge on any atom is -0.398 e. The summed E-state index contributed by atoms with van der Waals surface area (Å²) in [7, 11) is -3.34. The Bertz CT molecular complexity index is 557. The number of nitrogen functional groups attached to an aromatic ring is 1. The zero-order valence-electron chi connectivity index (χ0n) is 11.1. The molecule has 3 nitrogen and oxygen atoms in total. The lowest BCUT2D eigenvalue weighted by Crippen LogP contribution is -2.28. The van der Waals surface area contributed by atoms with Crippen LogP contribution >= 0.6 is 11.6 Å². The third-order valence-corrected chi connectivity index (χ3v) is 6.55. The van der Waals surface area contributed by atoms with Gasteiger partial charge < -0.3 is 5.73 Å². The Balaban J connectivity index is 2.31. The van der Waals surface area contributed by atoms with Crippen molar-refractivity contribution in [2.75, 3.05) is 5.73 Å². The van der Waals surface area contributed by atoms with E-state index in [-0.39, 0.29) is 15.8 Å². The van der Waals surface area contributed by atoms with Crippen LogP contribution in [0.15, 0.2) is 23.1 Å². The van der Waals surface area contributed by atoms with E-state index in [9.17, 15) is 8.42 Å². The highest BCUT2D eigenvalue weighted by Crippen LogP contribution is 2.35. The molecule has 1 aliphatic rings. The lowest BCUT2D eigenvalue weighted by atomic mass is 9.87. The number of nitrogens with two attached hydrogens (primary N) is 1. The summed E-state index contributed by atoms with van der Waals surface area (Å²) >= 11 is 5.82. The third-order valence-electron chi connectivity index (χ3n) is 4.03. The Morgan fingerprint density at radius 1 is 1.37 bits per heavy atom. The molecule has 1 aromatic rings. The van der Waals surface area contributed by atoms with E-state index in [4.69, 9.17) is 17.3 Å². The van der Waals surface area contributed by atoms with Crippen LogP contribution in [0.3, 0.4) is 0 Å². The van der Waals surface area contributed by atoms with E-state index in [0.717, 1.165) is 32.1 Å². The number of anilines is 1. The minimum absolute atomic E-state index is 0.235. The van der Waals surface area contributed by atoms with Gasteiger partial charge >= 0.3 is 0 Å². The van der Waals surface area contributed by atoms with Crippen LogP contribution in [0.4, 0.5) is 5.69 Å². The van der Waals surface area contributed by atoms with E-state index in [2.05, 4.69) is 6.92 Å². The number of rotatable bonds is 3. The van der Waals surface area contributed by atoms with Gasteiger partial charge in [-0.05, 0) is 37.0 Å². The maximum Gasteiger partial charge on any atom is 0.183 e. The molecule has 2 unspecified atom stereocenters. The van der Waals surface area contributed by atoms with Gasteiger partial charge in [0.05, 0.1) is 15.8 Å². The first kappa shape index (κ1) is 14.7. The summed E-state index contributed by atoms with van der Waals surface area (Å²) in [5.41, 5.74) is 6.07. The minimum atomic E-state index is -3.34. The lowest BCUT2D eigenvalue weighted by molar-refractivity contribution is 0.348. The Morgan fingerprint density at radius 2 is 2.11 bits per heavy atom. The SMILES string of the molecule is CCC1CCCC(S(=O)(=O)c2ccc(Cl)cc2N)C1. The number of hydrogen-bond donors (Lipinski definition) is 1. The average Bonchev–Trinajstić information content (AvgIpc) is 2.38. The topological polar surface area (TPSA) is 60.2 Å². The predicted molar refractivity (Wildman–Crippen MR) is 79.1 cm³/mol. The smallest absolute Gasteiger partial charge is 0.183 e. The molecule has 19 heavy (non-hydrogen) atoms. The van der Waals surface area contributed by atoms with Crippen molar-refractivity contribution in [2.24, 2.45) is 5.92 Å². The molecule has 1 fully saturated rings. The van der Waals surface area contributed by atoms with Crippen LogP contribution in [0.5, 0.6) is 0 Å². The maximum atomic E-state index is 12.7. The summed E-state index contributed by atoms with van der Waals surface area (Å²) in [6.45, 7) is 2.12. The molecule has 5 heteroatoms. The second-order valence-corrected chi connectivity index (χ2v) is 7.92. The monoisotopic (exact) mass is 301 g/mol. The van der Waals surface area contributed by atoms with Crippen molar-refractivity contribution < 1.29 is 8.42 Å². The van der Waals surface area contributed by atoms with E-state index in [1.807, 2.05) is 0 Å². The molecule has 2 rings (SSSR count). The predicted octanol–water partition coefficient (Wildman–Crippen LogP) is 3.66. The maximum absolute atomic E-state index is 12.7. The summed E-state index contributed by atoms with van der Waals surface area (Å²) in [5, 5.41) is 0.168. The fourth-order valence-corrected chi connectivity index (χ4v) is 5.04. The number of benzene rings is 1. The van der Waals surface area contributed by atoms with Gasteiger partial charge in [-0.1, -0.05) is 37.8 Å². The van der Waals surface area contributed by atoms with Crippen LogP contribution in [0.2, 0.25) is 5.02 Å². The molecule has 0 saturated heterocycles. The molecule has 2 atom stereocenters. The van der Waals surface area contributed by atoms with Crippen LogP contribution in [-0.4, -0.2) is 13.7 Å². The molecule has 1 aromatic carbocycles. The zero-order chi connectivity index (χ0) is 14.0. The van der Waals surface area contributed by atoms with Crippen molar-refractivity contribution >= 4 is 27.1 Å². The molecule has 0 radical (unpaired) electrons.